The second-order valence-electron chi connectivity index (χ2n) is 5.56. The molecule has 3 heteroatoms. The molecule has 1 aliphatic heterocycles. The van der Waals surface area contributed by atoms with E-state index in [0.29, 0.717) is 18.2 Å². The fourth-order valence-electron chi connectivity index (χ4n) is 2.69. The minimum Gasteiger partial charge on any atom is -0.342 e. The normalized spacial score (nSPS) is 18.8. The summed E-state index contributed by atoms with van der Waals surface area (Å²) in [6.07, 6.45) is 3.63. The van der Waals surface area contributed by atoms with E-state index >= 15 is 0 Å². The molecule has 2 N–H and O–H groups in total. The van der Waals surface area contributed by atoms with Crippen LogP contribution >= 0.6 is 0 Å². The number of carbonyl (C=O) groups is 1. The van der Waals surface area contributed by atoms with Gasteiger partial charge in [-0.25, -0.2) is 0 Å². The summed E-state index contributed by atoms with van der Waals surface area (Å²) >= 11 is 0. The zero-order valence-corrected chi connectivity index (χ0v) is 11.8. The molecule has 0 radical (unpaired) electrons. The van der Waals surface area contributed by atoms with Crippen LogP contribution in [0.1, 0.15) is 30.4 Å². The Labute approximate surface area is 115 Å². The highest BCUT2D eigenvalue weighted by molar-refractivity contribution is 5.76. The van der Waals surface area contributed by atoms with E-state index in [-0.39, 0.29) is 0 Å². The van der Waals surface area contributed by atoms with Crippen molar-refractivity contribution in [2.45, 2.75) is 32.6 Å². The summed E-state index contributed by atoms with van der Waals surface area (Å²) in [4.78, 5) is 14.1. The van der Waals surface area contributed by atoms with Gasteiger partial charge in [-0.3, -0.25) is 4.79 Å². The number of benzene rings is 1. The molecular weight excluding hydrogens is 236 g/mol. The molecule has 1 aliphatic rings. The Morgan fingerprint density at radius 3 is 2.79 bits per heavy atom. The number of likely N-dealkylation sites (tertiary alicyclic amines) is 1. The van der Waals surface area contributed by atoms with Gasteiger partial charge in [-0.05, 0) is 44.2 Å². The summed E-state index contributed by atoms with van der Waals surface area (Å²) < 4.78 is 0. The number of hydrogen-bond acceptors (Lipinski definition) is 2. The standard InChI is InChI=1S/C16H24N2O/c1-13-2-4-14(5-3-13)6-7-16(19)18-11-9-15(12-18)8-10-17/h2-5,15H,6-12,17H2,1H3. The molecule has 2 rings (SSSR count). The van der Waals surface area contributed by atoms with Gasteiger partial charge in [0.25, 0.3) is 0 Å². The highest BCUT2D eigenvalue weighted by atomic mass is 16.2. The lowest BCUT2D eigenvalue weighted by Gasteiger charge is -2.16. The zero-order valence-electron chi connectivity index (χ0n) is 11.8. The predicted molar refractivity (Wildman–Crippen MR) is 77.9 cm³/mol. The Bertz CT molecular complexity index is 413. The third-order valence-electron chi connectivity index (χ3n) is 3.96. The lowest BCUT2D eigenvalue weighted by molar-refractivity contribution is -0.130. The summed E-state index contributed by atoms with van der Waals surface area (Å²) in [7, 11) is 0. The first-order valence-electron chi connectivity index (χ1n) is 7.22. The van der Waals surface area contributed by atoms with Crippen LogP contribution in [0.25, 0.3) is 0 Å². The lowest BCUT2D eigenvalue weighted by atomic mass is 10.1. The average Bonchev–Trinajstić information content (AvgIpc) is 2.87. The number of amides is 1. The van der Waals surface area contributed by atoms with Crippen molar-refractivity contribution in [1.82, 2.24) is 4.90 Å². The molecule has 1 fully saturated rings. The van der Waals surface area contributed by atoms with Crippen LogP contribution in [0.15, 0.2) is 24.3 Å². The summed E-state index contributed by atoms with van der Waals surface area (Å²) in [5.74, 6) is 0.911. The van der Waals surface area contributed by atoms with Gasteiger partial charge in [0.2, 0.25) is 5.91 Å². The molecule has 1 amide bonds. The molecular formula is C16H24N2O. The SMILES string of the molecule is Cc1ccc(CCC(=O)N2CCC(CCN)C2)cc1. The van der Waals surface area contributed by atoms with Crippen LogP contribution in [-0.2, 0) is 11.2 Å². The average molecular weight is 260 g/mol. The monoisotopic (exact) mass is 260 g/mol. The Hall–Kier alpha value is -1.35. The van der Waals surface area contributed by atoms with Gasteiger partial charge in [0.05, 0.1) is 0 Å². The van der Waals surface area contributed by atoms with Gasteiger partial charge in [-0.1, -0.05) is 29.8 Å². The molecule has 1 unspecified atom stereocenters. The van der Waals surface area contributed by atoms with Gasteiger partial charge in [0.15, 0.2) is 0 Å². The van der Waals surface area contributed by atoms with Gasteiger partial charge >= 0.3 is 0 Å². The Morgan fingerprint density at radius 1 is 1.37 bits per heavy atom. The van der Waals surface area contributed by atoms with Gasteiger partial charge in [0, 0.05) is 19.5 Å². The largest absolute Gasteiger partial charge is 0.342 e. The summed E-state index contributed by atoms with van der Waals surface area (Å²) in [6.45, 7) is 4.63. The van der Waals surface area contributed by atoms with E-state index in [1.54, 1.807) is 0 Å². The number of nitrogens with zero attached hydrogens (tertiary/aromatic N) is 1. The van der Waals surface area contributed by atoms with Gasteiger partial charge in [-0.2, -0.15) is 0 Å². The quantitative estimate of drug-likeness (QED) is 0.881. The molecule has 0 spiro atoms. The first kappa shape index (κ1) is 14.1. The first-order chi connectivity index (χ1) is 9.19. The van der Waals surface area contributed by atoms with E-state index in [9.17, 15) is 4.79 Å². The Morgan fingerprint density at radius 2 is 2.11 bits per heavy atom. The third-order valence-corrected chi connectivity index (χ3v) is 3.96. The van der Waals surface area contributed by atoms with Crippen LogP contribution in [0.5, 0.6) is 0 Å². The van der Waals surface area contributed by atoms with E-state index < -0.39 is 0 Å². The van der Waals surface area contributed by atoms with Crippen molar-refractivity contribution < 1.29 is 4.79 Å². The van der Waals surface area contributed by atoms with Crippen molar-refractivity contribution in [3.8, 4) is 0 Å². The molecule has 1 atom stereocenters. The van der Waals surface area contributed by atoms with Gasteiger partial charge < -0.3 is 10.6 Å². The topological polar surface area (TPSA) is 46.3 Å². The van der Waals surface area contributed by atoms with Gasteiger partial charge in [-0.15, -0.1) is 0 Å². The van der Waals surface area contributed by atoms with Crippen LogP contribution in [0, 0.1) is 12.8 Å². The molecule has 1 heterocycles. The molecule has 19 heavy (non-hydrogen) atoms. The number of carbonyl (C=O) groups excluding carboxylic acids is 1. The van der Waals surface area contributed by atoms with Crippen molar-refractivity contribution in [3.63, 3.8) is 0 Å². The Kier molecular flexibility index (Phi) is 4.97. The summed E-state index contributed by atoms with van der Waals surface area (Å²) in [6, 6.07) is 8.44. The number of nitrogens with two attached hydrogens (primary N) is 1. The molecule has 0 aliphatic carbocycles. The lowest BCUT2D eigenvalue weighted by Crippen LogP contribution is -2.29. The number of rotatable bonds is 5. The van der Waals surface area contributed by atoms with E-state index in [4.69, 9.17) is 5.73 Å². The van der Waals surface area contributed by atoms with Crippen molar-refractivity contribution in [2.24, 2.45) is 11.7 Å². The molecule has 0 bridgehead atoms. The highest BCUT2D eigenvalue weighted by Crippen LogP contribution is 2.20. The van der Waals surface area contributed by atoms with E-state index in [0.717, 1.165) is 38.9 Å². The minimum absolute atomic E-state index is 0.292. The first-order valence-corrected chi connectivity index (χ1v) is 7.22. The molecule has 1 saturated heterocycles. The van der Waals surface area contributed by atoms with Crippen molar-refractivity contribution >= 4 is 5.91 Å². The van der Waals surface area contributed by atoms with Crippen molar-refractivity contribution in [2.75, 3.05) is 19.6 Å². The fourth-order valence-corrected chi connectivity index (χ4v) is 2.69. The maximum atomic E-state index is 12.1. The molecule has 3 nitrogen and oxygen atoms in total. The molecule has 1 aromatic rings. The van der Waals surface area contributed by atoms with Crippen LogP contribution < -0.4 is 5.73 Å². The fraction of sp³-hybridized carbons (Fsp3) is 0.562. The van der Waals surface area contributed by atoms with Crippen molar-refractivity contribution in [1.29, 1.82) is 0 Å². The highest BCUT2D eigenvalue weighted by Gasteiger charge is 2.25. The summed E-state index contributed by atoms with van der Waals surface area (Å²) in [5.41, 5.74) is 8.08. The van der Waals surface area contributed by atoms with Crippen LogP contribution in [0.3, 0.4) is 0 Å². The minimum atomic E-state index is 0.292. The van der Waals surface area contributed by atoms with E-state index in [2.05, 4.69) is 31.2 Å². The predicted octanol–water partition coefficient (Wildman–Crippen LogP) is 2.12. The second-order valence-corrected chi connectivity index (χ2v) is 5.56. The van der Waals surface area contributed by atoms with Crippen LogP contribution in [0.2, 0.25) is 0 Å². The molecule has 104 valence electrons. The van der Waals surface area contributed by atoms with Crippen molar-refractivity contribution in [3.05, 3.63) is 35.4 Å². The maximum absolute atomic E-state index is 12.1. The number of aryl methyl sites for hydroxylation is 2. The maximum Gasteiger partial charge on any atom is 0.222 e. The molecule has 1 aromatic carbocycles. The summed E-state index contributed by atoms with van der Waals surface area (Å²) in [5, 5.41) is 0. The third kappa shape index (κ3) is 4.06. The smallest absolute Gasteiger partial charge is 0.222 e. The Balaban J connectivity index is 1.77. The molecule has 0 saturated carbocycles. The molecule has 0 aromatic heterocycles. The van der Waals surface area contributed by atoms with Crippen LogP contribution in [0.4, 0.5) is 0 Å². The van der Waals surface area contributed by atoms with E-state index in [1.165, 1.54) is 11.1 Å². The van der Waals surface area contributed by atoms with Crippen LogP contribution in [-0.4, -0.2) is 30.4 Å². The number of hydrogen-bond donors (Lipinski definition) is 1. The zero-order chi connectivity index (χ0) is 13.7. The van der Waals surface area contributed by atoms with E-state index in [1.807, 2.05) is 4.90 Å². The second kappa shape index (κ2) is 6.71. The van der Waals surface area contributed by atoms with Gasteiger partial charge in [0.1, 0.15) is 0 Å².